The number of nitrogens with one attached hydrogen (secondary N) is 1. The first-order valence-electron chi connectivity index (χ1n) is 5.67. The van der Waals surface area contributed by atoms with Crippen LogP contribution < -0.4 is 11.1 Å². The van der Waals surface area contributed by atoms with Gasteiger partial charge in [0.05, 0.1) is 6.04 Å². The minimum atomic E-state index is -0.500. The van der Waals surface area contributed by atoms with Crippen LogP contribution in [0.2, 0.25) is 0 Å². The number of hydrogen-bond donors (Lipinski definition) is 2. The molecule has 1 amide bonds. The van der Waals surface area contributed by atoms with Crippen LogP contribution in [0.4, 0.5) is 4.79 Å². The molecule has 0 aliphatic rings. The van der Waals surface area contributed by atoms with Crippen molar-refractivity contribution in [1.29, 1.82) is 0 Å². The van der Waals surface area contributed by atoms with Crippen molar-refractivity contribution < 1.29 is 9.53 Å². The molecule has 0 spiro atoms. The lowest BCUT2D eigenvalue weighted by atomic mass is 10.1. The second-order valence-corrected chi connectivity index (χ2v) is 4.85. The molecule has 0 heterocycles. The van der Waals surface area contributed by atoms with E-state index in [1.54, 1.807) is 0 Å². The lowest BCUT2D eigenvalue weighted by Gasteiger charge is -2.23. The molecule has 1 aromatic rings. The predicted octanol–water partition coefficient (Wildman–Crippen LogP) is 2.63. The molecule has 3 N–H and O–H groups in total. The average molecular weight is 273 g/mol. The fourth-order valence-electron chi connectivity index (χ4n) is 1.41. The Morgan fingerprint density at radius 1 is 1.33 bits per heavy atom. The SMILES string of the molecule is CC(C)(C)OC(=O)NC(CN)c1ccccc1.Cl. The molecular formula is C13H21ClN2O2. The lowest BCUT2D eigenvalue weighted by Crippen LogP contribution is -2.37. The van der Waals surface area contributed by atoms with Crippen molar-refractivity contribution in [1.82, 2.24) is 5.32 Å². The highest BCUT2D eigenvalue weighted by atomic mass is 35.5. The summed E-state index contributed by atoms with van der Waals surface area (Å²) in [5, 5.41) is 2.75. The highest BCUT2D eigenvalue weighted by Gasteiger charge is 2.19. The highest BCUT2D eigenvalue weighted by Crippen LogP contribution is 2.13. The van der Waals surface area contributed by atoms with E-state index >= 15 is 0 Å². The van der Waals surface area contributed by atoms with Gasteiger partial charge in [-0.05, 0) is 26.3 Å². The first-order valence-corrected chi connectivity index (χ1v) is 5.67. The maximum absolute atomic E-state index is 11.6. The van der Waals surface area contributed by atoms with Crippen LogP contribution in [-0.4, -0.2) is 18.2 Å². The van der Waals surface area contributed by atoms with Crippen molar-refractivity contribution in [2.45, 2.75) is 32.4 Å². The van der Waals surface area contributed by atoms with Gasteiger partial charge in [0.25, 0.3) is 0 Å². The standard InChI is InChI=1S/C13H20N2O2.ClH/c1-13(2,3)17-12(16)15-11(9-14)10-7-5-4-6-8-10;/h4-8,11H,9,14H2,1-3H3,(H,15,16);1H. The first kappa shape index (κ1) is 16.7. The average Bonchev–Trinajstić information content (AvgIpc) is 2.24. The molecule has 5 heteroatoms. The largest absolute Gasteiger partial charge is 0.444 e. The van der Waals surface area contributed by atoms with Gasteiger partial charge in [-0.3, -0.25) is 0 Å². The quantitative estimate of drug-likeness (QED) is 0.889. The summed E-state index contributed by atoms with van der Waals surface area (Å²) in [6.45, 7) is 5.81. The predicted molar refractivity (Wildman–Crippen MR) is 74.9 cm³/mol. The van der Waals surface area contributed by atoms with E-state index in [4.69, 9.17) is 10.5 Å². The Hall–Kier alpha value is -1.26. The van der Waals surface area contributed by atoms with Crippen molar-refractivity contribution in [2.24, 2.45) is 5.73 Å². The van der Waals surface area contributed by atoms with Crippen LogP contribution in [0.15, 0.2) is 30.3 Å². The van der Waals surface area contributed by atoms with Crippen molar-refractivity contribution in [3.63, 3.8) is 0 Å². The van der Waals surface area contributed by atoms with Crippen molar-refractivity contribution in [3.05, 3.63) is 35.9 Å². The molecule has 1 unspecified atom stereocenters. The second-order valence-electron chi connectivity index (χ2n) is 4.85. The summed E-state index contributed by atoms with van der Waals surface area (Å²) in [6.07, 6.45) is -0.447. The maximum atomic E-state index is 11.6. The Bertz CT molecular complexity index is 363. The van der Waals surface area contributed by atoms with Crippen molar-refractivity contribution >= 4 is 18.5 Å². The highest BCUT2D eigenvalue weighted by molar-refractivity contribution is 5.85. The summed E-state index contributed by atoms with van der Waals surface area (Å²) >= 11 is 0. The van der Waals surface area contributed by atoms with Gasteiger partial charge in [-0.1, -0.05) is 30.3 Å². The van der Waals surface area contributed by atoms with E-state index < -0.39 is 11.7 Å². The van der Waals surface area contributed by atoms with E-state index in [9.17, 15) is 4.79 Å². The Kier molecular flexibility index (Phi) is 6.73. The van der Waals surface area contributed by atoms with E-state index in [0.29, 0.717) is 6.54 Å². The molecule has 0 bridgehead atoms. The molecule has 1 atom stereocenters. The Morgan fingerprint density at radius 2 is 1.89 bits per heavy atom. The monoisotopic (exact) mass is 272 g/mol. The van der Waals surface area contributed by atoms with Gasteiger partial charge in [-0.25, -0.2) is 4.79 Å². The van der Waals surface area contributed by atoms with Gasteiger partial charge >= 0.3 is 6.09 Å². The molecule has 0 saturated carbocycles. The fourth-order valence-corrected chi connectivity index (χ4v) is 1.41. The van der Waals surface area contributed by atoms with Crippen LogP contribution in [-0.2, 0) is 4.74 Å². The van der Waals surface area contributed by atoms with Crippen LogP contribution in [0.3, 0.4) is 0 Å². The molecule has 0 radical (unpaired) electrons. The van der Waals surface area contributed by atoms with Gasteiger partial charge in [0.15, 0.2) is 0 Å². The third-order valence-corrected chi connectivity index (χ3v) is 2.13. The lowest BCUT2D eigenvalue weighted by molar-refractivity contribution is 0.0505. The first-order chi connectivity index (χ1) is 7.92. The van der Waals surface area contributed by atoms with Crippen LogP contribution in [0.1, 0.15) is 32.4 Å². The molecule has 102 valence electrons. The van der Waals surface area contributed by atoms with E-state index in [0.717, 1.165) is 5.56 Å². The second kappa shape index (κ2) is 7.24. The number of ether oxygens (including phenoxy) is 1. The molecule has 0 fully saturated rings. The fraction of sp³-hybridized carbons (Fsp3) is 0.462. The number of carbonyl (C=O) groups excluding carboxylic acids is 1. The Labute approximate surface area is 114 Å². The Balaban J connectivity index is 0.00000289. The zero-order chi connectivity index (χ0) is 12.9. The summed E-state index contributed by atoms with van der Waals surface area (Å²) in [5.41, 5.74) is 6.12. The number of rotatable bonds is 3. The molecular weight excluding hydrogens is 252 g/mol. The minimum absolute atomic E-state index is 0. The summed E-state index contributed by atoms with van der Waals surface area (Å²) < 4.78 is 5.19. The minimum Gasteiger partial charge on any atom is -0.444 e. The zero-order valence-electron chi connectivity index (χ0n) is 11.0. The summed E-state index contributed by atoms with van der Waals surface area (Å²) in [5.74, 6) is 0. The van der Waals surface area contributed by atoms with Crippen LogP contribution >= 0.6 is 12.4 Å². The number of hydrogen-bond acceptors (Lipinski definition) is 3. The zero-order valence-corrected chi connectivity index (χ0v) is 11.8. The van der Waals surface area contributed by atoms with E-state index in [-0.39, 0.29) is 18.4 Å². The Morgan fingerprint density at radius 3 is 2.33 bits per heavy atom. The molecule has 0 aliphatic heterocycles. The van der Waals surface area contributed by atoms with E-state index in [2.05, 4.69) is 5.32 Å². The molecule has 0 saturated heterocycles. The molecule has 1 rings (SSSR count). The molecule has 4 nitrogen and oxygen atoms in total. The normalized spacial score (nSPS) is 12.2. The van der Waals surface area contributed by atoms with Crippen LogP contribution in [0.5, 0.6) is 0 Å². The summed E-state index contributed by atoms with van der Waals surface area (Å²) in [7, 11) is 0. The van der Waals surface area contributed by atoms with Crippen molar-refractivity contribution in [3.8, 4) is 0 Å². The molecule has 0 aliphatic carbocycles. The number of benzene rings is 1. The number of amides is 1. The number of carbonyl (C=O) groups is 1. The number of halogens is 1. The van der Waals surface area contributed by atoms with Gasteiger partial charge < -0.3 is 15.8 Å². The van der Waals surface area contributed by atoms with Gasteiger partial charge in [-0.15, -0.1) is 12.4 Å². The van der Waals surface area contributed by atoms with Gasteiger partial charge in [0.2, 0.25) is 0 Å². The smallest absolute Gasteiger partial charge is 0.408 e. The third kappa shape index (κ3) is 5.89. The van der Waals surface area contributed by atoms with Crippen molar-refractivity contribution in [2.75, 3.05) is 6.54 Å². The van der Waals surface area contributed by atoms with E-state index in [1.807, 2.05) is 51.1 Å². The topological polar surface area (TPSA) is 64.3 Å². The van der Waals surface area contributed by atoms with Gasteiger partial charge in [0.1, 0.15) is 5.60 Å². The number of alkyl carbamates (subject to hydrolysis) is 1. The molecule has 1 aromatic carbocycles. The third-order valence-electron chi connectivity index (χ3n) is 2.13. The molecule has 18 heavy (non-hydrogen) atoms. The molecule has 0 aromatic heterocycles. The summed E-state index contributed by atoms with van der Waals surface area (Å²) in [6, 6.07) is 9.38. The number of nitrogens with two attached hydrogens (primary N) is 1. The summed E-state index contributed by atoms with van der Waals surface area (Å²) in [4.78, 5) is 11.6. The van der Waals surface area contributed by atoms with Gasteiger partial charge in [-0.2, -0.15) is 0 Å². The van der Waals surface area contributed by atoms with E-state index in [1.165, 1.54) is 0 Å². The van der Waals surface area contributed by atoms with Gasteiger partial charge in [0, 0.05) is 6.54 Å². The maximum Gasteiger partial charge on any atom is 0.408 e. The van der Waals surface area contributed by atoms with Crippen LogP contribution in [0.25, 0.3) is 0 Å². The van der Waals surface area contributed by atoms with Crippen LogP contribution in [0, 0.1) is 0 Å².